The molecule has 0 aromatic carbocycles. The zero-order chi connectivity index (χ0) is 11.9. The van der Waals surface area contributed by atoms with E-state index in [1.54, 1.807) is 24.7 Å². The number of nitrogens with zero attached hydrogens (tertiary/aromatic N) is 4. The first-order valence-electron chi connectivity index (χ1n) is 5.27. The van der Waals surface area contributed by atoms with Gasteiger partial charge in [-0.2, -0.15) is 5.10 Å². The van der Waals surface area contributed by atoms with E-state index in [9.17, 15) is 4.79 Å². The second kappa shape index (κ2) is 3.38. The second-order valence-corrected chi connectivity index (χ2v) is 4.13. The fourth-order valence-electron chi connectivity index (χ4n) is 1.88. The van der Waals surface area contributed by atoms with Crippen LogP contribution in [0.4, 0.5) is 0 Å². The summed E-state index contributed by atoms with van der Waals surface area (Å²) in [7, 11) is 0. The molecule has 1 aliphatic carbocycles. The van der Waals surface area contributed by atoms with Crippen molar-refractivity contribution in [3.05, 3.63) is 36.5 Å². The lowest BCUT2D eigenvalue weighted by atomic mass is 9.98. The Hall–Kier alpha value is -2.24. The summed E-state index contributed by atoms with van der Waals surface area (Å²) in [6.45, 7) is 0. The molecule has 86 valence electrons. The van der Waals surface area contributed by atoms with E-state index in [0.29, 0.717) is 18.7 Å². The molecule has 1 aliphatic rings. The number of hydrogen-bond acceptors (Lipinski definition) is 4. The normalized spacial score (nSPS) is 16.7. The monoisotopic (exact) mass is 230 g/mol. The summed E-state index contributed by atoms with van der Waals surface area (Å²) in [6.07, 6.45) is 5.96. The van der Waals surface area contributed by atoms with Crippen molar-refractivity contribution in [2.75, 3.05) is 0 Å². The van der Waals surface area contributed by atoms with Crippen LogP contribution < -0.4 is 0 Å². The minimum absolute atomic E-state index is 0.632. The van der Waals surface area contributed by atoms with Gasteiger partial charge in [0, 0.05) is 6.20 Å². The molecule has 6 heteroatoms. The van der Waals surface area contributed by atoms with Crippen molar-refractivity contribution < 1.29 is 9.90 Å². The average Bonchev–Trinajstić information content (AvgIpc) is 2.98. The van der Waals surface area contributed by atoms with Gasteiger partial charge in [-0.3, -0.25) is 4.79 Å². The Morgan fingerprint density at radius 3 is 2.71 bits per heavy atom. The third kappa shape index (κ3) is 1.49. The highest BCUT2D eigenvalue weighted by atomic mass is 16.4. The van der Waals surface area contributed by atoms with Crippen LogP contribution in [0.5, 0.6) is 0 Å². The van der Waals surface area contributed by atoms with Crippen LogP contribution in [-0.4, -0.2) is 30.8 Å². The number of hydrogen-bond donors (Lipinski definition) is 1. The Kier molecular flexibility index (Phi) is 1.98. The van der Waals surface area contributed by atoms with Gasteiger partial charge in [0.25, 0.3) is 0 Å². The van der Waals surface area contributed by atoms with Crippen LogP contribution >= 0.6 is 0 Å². The second-order valence-electron chi connectivity index (χ2n) is 4.13. The van der Waals surface area contributed by atoms with E-state index in [1.165, 1.54) is 11.0 Å². The fraction of sp³-hybridized carbons (Fsp3) is 0.273. The van der Waals surface area contributed by atoms with E-state index in [-0.39, 0.29) is 0 Å². The molecule has 17 heavy (non-hydrogen) atoms. The molecule has 0 aliphatic heterocycles. The Morgan fingerprint density at radius 2 is 2.24 bits per heavy atom. The van der Waals surface area contributed by atoms with Gasteiger partial charge in [-0.05, 0) is 24.5 Å². The summed E-state index contributed by atoms with van der Waals surface area (Å²) in [6, 6.07) is 3.55. The molecule has 1 N–H and O–H groups in total. The first-order valence-corrected chi connectivity index (χ1v) is 5.27. The van der Waals surface area contributed by atoms with Crippen LogP contribution in [-0.2, 0) is 10.2 Å². The fourth-order valence-corrected chi connectivity index (χ4v) is 1.88. The summed E-state index contributed by atoms with van der Waals surface area (Å²) in [5, 5.41) is 13.1. The maximum absolute atomic E-state index is 11.1. The maximum atomic E-state index is 11.1. The van der Waals surface area contributed by atoms with Crippen molar-refractivity contribution in [3.63, 3.8) is 0 Å². The smallest absolute Gasteiger partial charge is 0.314 e. The lowest BCUT2D eigenvalue weighted by Gasteiger charge is -2.09. The number of carbonyl (C=O) groups is 1. The molecule has 0 spiro atoms. The molecule has 0 amide bonds. The molecule has 0 saturated heterocycles. The quantitative estimate of drug-likeness (QED) is 0.842. The van der Waals surface area contributed by atoms with Crippen molar-refractivity contribution in [3.8, 4) is 5.82 Å². The molecule has 2 heterocycles. The number of pyridine rings is 1. The van der Waals surface area contributed by atoms with Gasteiger partial charge in [0.05, 0.1) is 5.41 Å². The molecular formula is C11H10N4O2. The third-order valence-electron chi connectivity index (χ3n) is 3.11. The largest absolute Gasteiger partial charge is 0.481 e. The van der Waals surface area contributed by atoms with Gasteiger partial charge < -0.3 is 5.11 Å². The van der Waals surface area contributed by atoms with Gasteiger partial charge in [-0.1, -0.05) is 6.07 Å². The van der Waals surface area contributed by atoms with Crippen LogP contribution in [0, 0.1) is 0 Å². The molecule has 2 aromatic heterocycles. The molecule has 0 radical (unpaired) electrons. The Labute approximate surface area is 96.9 Å². The molecular weight excluding hydrogens is 220 g/mol. The van der Waals surface area contributed by atoms with Crippen molar-refractivity contribution in [1.82, 2.24) is 19.7 Å². The minimum atomic E-state index is -0.771. The molecule has 0 bridgehead atoms. The number of carboxylic acids is 1. The SMILES string of the molecule is O=C(O)C1(c2ccc(-n3cncn3)nc2)CC1. The molecule has 0 atom stereocenters. The first-order chi connectivity index (χ1) is 8.22. The van der Waals surface area contributed by atoms with Crippen LogP contribution in [0.2, 0.25) is 0 Å². The molecule has 3 rings (SSSR count). The van der Waals surface area contributed by atoms with Gasteiger partial charge in [0.1, 0.15) is 12.7 Å². The maximum Gasteiger partial charge on any atom is 0.314 e. The topological polar surface area (TPSA) is 80.9 Å². The highest BCUT2D eigenvalue weighted by Crippen LogP contribution is 2.48. The van der Waals surface area contributed by atoms with E-state index < -0.39 is 11.4 Å². The van der Waals surface area contributed by atoms with Gasteiger partial charge in [0.15, 0.2) is 5.82 Å². The van der Waals surface area contributed by atoms with Crippen molar-refractivity contribution in [1.29, 1.82) is 0 Å². The molecule has 0 unspecified atom stereocenters. The highest BCUT2D eigenvalue weighted by Gasteiger charge is 2.51. The van der Waals surface area contributed by atoms with E-state index in [1.807, 2.05) is 0 Å². The number of rotatable bonds is 3. The Bertz CT molecular complexity index is 543. The lowest BCUT2D eigenvalue weighted by molar-refractivity contribution is -0.140. The first kappa shape index (κ1) is 9.95. The van der Waals surface area contributed by atoms with Crippen LogP contribution in [0.1, 0.15) is 18.4 Å². The number of aliphatic carboxylic acids is 1. The van der Waals surface area contributed by atoms with E-state index >= 15 is 0 Å². The van der Waals surface area contributed by atoms with E-state index in [4.69, 9.17) is 5.11 Å². The van der Waals surface area contributed by atoms with Crippen LogP contribution in [0.3, 0.4) is 0 Å². The highest BCUT2D eigenvalue weighted by molar-refractivity contribution is 5.84. The molecule has 1 saturated carbocycles. The average molecular weight is 230 g/mol. The van der Waals surface area contributed by atoms with Crippen molar-refractivity contribution in [2.45, 2.75) is 18.3 Å². The molecule has 1 fully saturated rings. The van der Waals surface area contributed by atoms with Gasteiger partial charge >= 0.3 is 5.97 Å². The van der Waals surface area contributed by atoms with Gasteiger partial charge in [-0.25, -0.2) is 14.6 Å². The Balaban J connectivity index is 1.94. The predicted molar refractivity (Wildman–Crippen MR) is 57.7 cm³/mol. The summed E-state index contributed by atoms with van der Waals surface area (Å²) < 4.78 is 1.53. The molecule has 2 aromatic rings. The zero-order valence-electron chi connectivity index (χ0n) is 8.95. The van der Waals surface area contributed by atoms with E-state index in [2.05, 4.69) is 15.1 Å². The van der Waals surface area contributed by atoms with E-state index in [0.717, 1.165) is 5.56 Å². The molecule has 6 nitrogen and oxygen atoms in total. The van der Waals surface area contributed by atoms with Crippen molar-refractivity contribution >= 4 is 5.97 Å². The summed E-state index contributed by atoms with van der Waals surface area (Å²) in [5.41, 5.74) is 0.0577. The van der Waals surface area contributed by atoms with Gasteiger partial charge in [0.2, 0.25) is 0 Å². The van der Waals surface area contributed by atoms with Crippen molar-refractivity contribution in [2.24, 2.45) is 0 Å². The predicted octanol–water partition coefficient (Wildman–Crippen LogP) is 0.778. The third-order valence-corrected chi connectivity index (χ3v) is 3.11. The number of aromatic nitrogens is 4. The van der Waals surface area contributed by atoms with Gasteiger partial charge in [-0.15, -0.1) is 0 Å². The van der Waals surface area contributed by atoms with Crippen LogP contribution in [0.25, 0.3) is 5.82 Å². The standard InChI is InChI=1S/C11H10N4O2/c16-10(17)11(3-4-11)8-1-2-9(13-5-8)15-7-12-6-14-15/h1-2,5-7H,3-4H2,(H,16,17). The Morgan fingerprint density at radius 1 is 1.41 bits per heavy atom. The number of carboxylic acid groups (broad SMARTS) is 1. The van der Waals surface area contributed by atoms with Crippen LogP contribution in [0.15, 0.2) is 31.0 Å². The summed E-state index contributed by atoms with van der Waals surface area (Å²) in [4.78, 5) is 19.2. The summed E-state index contributed by atoms with van der Waals surface area (Å²) in [5.74, 6) is -0.139. The minimum Gasteiger partial charge on any atom is -0.481 e. The summed E-state index contributed by atoms with van der Waals surface area (Å²) >= 11 is 0. The lowest BCUT2D eigenvalue weighted by Crippen LogP contribution is -2.19. The zero-order valence-corrected chi connectivity index (χ0v) is 8.95.